The van der Waals surface area contributed by atoms with Crippen molar-refractivity contribution in [1.82, 2.24) is 10.6 Å². The van der Waals surface area contributed by atoms with Gasteiger partial charge in [-0.3, -0.25) is 9.59 Å². The molecule has 0 saturated heterocycles. The number of nitriles is 1. The molecule has 0 aliphatic rings. The van der Waals surface area contributed by atoms with E-state index in [0.29, 0.717) is 6.54 Å². The minimum absolute atomic E-state index is 0.00786. The highest BCUT2D eigenvalue weighted by atomic mass is 79.9. The molecule has 0 saturated carbocycles. The lowest BCUT2D eigenvalue weighted by atomic mass is 10.1. The Morgan fingerprint density at radius 2 is 1.95 bits per heavy atom. The van der Waals surface area contributed by atoms with Gasteiger partial charge in [-0.2, -0.15) is 5.26 Å². The zero-order valence-corrected chi connectivity index (χ0v) is 13.4. The average Bonchev–Trinajstić information content (AvgIpc) is 2.48. The number of rotatable bonds is 8. The number of amides is 1. The normalized spacial score (nSPS) is 10.6. The highest BCUT2D eigenvalue weighted by Gasteiger charge is 2.08. The van der Waals surface area contributed by atoms with Crippen molar-refractivity contribution < 1.29 is 14.7 Å². The Morgan fingerprint density at radius 3 is 2.55 bits per heavy atom. The van der Waals surface area contributed by atoms with E-state index in [2.05, 4.69) is 26.6 Å². The van der Waals surface area contributed by atoms with Crippen LogP contribution in [0.4, 0.5) is 0 Å². The maximum atomic E-state index is 11.6. The van der Waals surface area contributed by atoms with Crippen LogP contribution in [0.1, 0.15) is 12.0 Å². The third-order valence-corrected chi connectivity index (χ3v) is 3.24. The summed E-state index contributed by atoms with van der Waals surface area (Å²) in [4.78, 5) is 22.0. The van der Waals surface area contributed by atoms with Crippen molar-refractivity contribution >= 4 is 27.8 Å². The molecule has 0 aliphatic heterocycles. The van der Waals surface area contributed by atoms with Crippen molar-refractivity contribution in [1.29, 1.82) is 5.26 Å². The van der Waals surface area contributed by atoms with Crippen LogP contribution >= 0.6 is 15.9 Å². The highest BCUT2D eigenvalue weighted by Crippen LogP contribution is 2.10. The van der Waals surface area contributed by atoms with Crippen molar-refractivity contribution in [3.05, 3.63) is 46.1 Å². The van der Waals surface area contributed by atoms with Crippen LogP contribution in [0, 0.1) is 11.3 Å². The zero-order chi connectivity index (χ0) is 16.4. The Morgan fingerprint density at radius 1 is 1.27 bits per heavy atom. The van der Waals surface area contributed by atoms with Crippen molar-refractivity contribution in [2.75, 3.05) is 13.1 Å². The van der Waals surface area contributed by atoms with E-state index >= 15 is 0 Å². The van der Waals surface area contributed by atoms with Crippen LogP contribution in [-0.2, 0) is 16.0 Å². The molecular weight excluding hydrogens is 350 g/mol. The standard InChI is InChI=1S/C15H16BrN3O3/c16-13-3-1-11(2-4-13)5-7-18-10-12(9-17)15(22)19-8-6-14(20)21/h1-4,10,18H,5-8H2,(H,19,22)(H,20,21)/b12-10-. The molecule has 0 unspecified atom stereocenters. The van der Waals surface area contributed by atoms with Gasteiger partial charge < -0.3 is 15.7 Å². The minimum atomic E-state index is -1.00. The first-order chi connectivity index (χ1) is 10.5. The highest BCUT2D eigenvalue weighted by molar-refractivity contribution is 9.10. The Hall–Kier alpha value is -2.33. The summed E-state index contributed by atoms with van der Waals surface area (Å²) >= 11 is 3.36. The Kier molecular flexibility index (Phi) is 7.72. The molecule has 1 aromatic rings. The van der Waals surface area contributed by atoms with Gasteiger partial charge in [-0.15, -0.1) is 0 Å². The number of halogens is 1. The van der Waals surface area contributed by atoms with E-state index in [1.807, 2.05) is 24.3 Å². The molecule has 3 N–H and O–H groups in total. The van der Waals surface area contributed by atoms with Gasteiger partial charge in [0.1, 0.15) is 11.6 Å². The maximum Gasteiger partial charge on any atom is 0.305 e. The fourth-order valence-electron chi connectivity index (χ4n) is 1.57. The van der Waals surface area contributed by atoms with E-state index in [0.717, 1.165) is 16.5 Å². The van der Waals surface area contributed by atoms with E-state index in [-0.39, 0.29) is 18.5 Å². The largest absolute Gasteiger partial charge is 0.481 e. The second kappa shape index (κ2) is 9.58. The van der Waals surface area contributed by atoms with Crippen LogP contribution in [0.3, 0.4) is 0 Å². The molecule has 6 nitrogen and oxygen atoms in total. The molecule has 0 heterocycles. The molecule has 0 bridgehead atoms. The fourth-order valence-corrected chi connectivity index (χ4v) is 1.83. The van der Waals surface area contributed by atoms with E-state index in [4.69, 9.17) is 10.4 Å². The molecule has 0 aliphatic carbocycles. The van der Waals surface area contributed by atoms with Crippen LogP contribution in [0.5, 0.6) is 0 Å². The zero-order valence-electron chi connectivity index (χ0n) is 11.8. The molecule has 1 rings (SSSR count). The number of benzene rings is 1. The van der Waals surface area contributed by atoms with Gasteiger partial charge in [0.15, 0.2) is 0 Å². The molecular formula is C15H16BrN3O3. The summed E-state index contributed by atoms with van der Waals surface area (Å²) in [6.45, 7) is 0.571. The Labute approximate surface area is 137 Å². The number of nitrogens with zero attached hydrogens (tertiary/aromatic N) is 1. The molecule has 7 heteroatoms. The van der Waals surface area contributed by atoms with E-state index in [1.165, 1.54) is 6.20 Å². The first-order valence-electron chi connectivity index (χ1n) is 6.61. The van der Waals surface area contributed by atoms with Crippen LogP contribution in [-0.4, -0.2) is 30.1 Å². The molecule has 0 aromatic heterocycles. The van der Waals surface area contributed by atoms with Crippen LogP contribution in [0.15, 0.2) is 40.5 Å². The molecule has 22 heavy (non-hydrogen) atoms. The van der Waals surface area contributed by atoms with Gasteiger partial charge in [0.2, 0.25) is 0 Å². The number of carbonyl (C=O) groups is 2. The third kappa shape index (κ3) is 6.90. The molecule has 1 amide bonds. The number of hydrogen-bond donors (Lipinski definition) is 3. The van der Waals surface area contributed by atoms with Crippen molar-refractivity contribution in [3.63, 3.8) is 0 Å². The molecule has 1 aromatic carbocycles. The Bertz CT molecular complexity index is 591. The topological polar surface area (TPSA) is 102 Å². The van der Waals surface area contributed by atoms with Crippen LogP contribution in [0.25, 0.3) is 0 Å². The first-order valence-corrected chi connectivity index (χ1v) is 7.40. The lowest BCUT2D eigenvalue weighted by Crippen LogP contribution is -2.28. The summed E-state index contributed by atoms with van der Waals surface area (Å²) in [5, 5.41) is 22.7. The fraction of sp³-hybridized carbons (Fsp3) is 0.267. The lowest BCUT2D eigenvalue weighted by Gasteiger charge is -2.04. The second-order valence-electron chi connectivity index (χ2n) is 4.40. The monoisotopic (exact) mass is 365 g/mol. The summed E-state index contributed by atoms with van der Waals surface area (Å²) in [6.07, 6.45) is 1.92. The molecule has 116 valence electrons. The van der Waals surface area contributed by atoms with Crippen molar-refractivity contribution in [2.45, 2.75) is 12.8 Å². The van der Waals surface area contributed by atoms with Crippen molar-refractivity contribution in [3.8, 4) is 6.07 Å². The van der Waals surface area contributed by atoms with Gasteiger partial charge in [-0.05, 0) is 24.1 Å². The number of carboxylic acid groups (broad SMARTS) is 1. The number of aliphatic carboxylic acids is 1. The molecule has 0 radical (unpaired) electrons. The third-order valence-electron chi connectivity index (χ3n) is 2.71. The predicted molar refractivity (Wildman–Crippen MR) is 84.8 cm³/mol. The summed E-state index contributed by atoms with van der Waals surface area (Å²) < 4.78 is 1.01. The second-order valence-corrected chi connectivity index (χ2v) is 5.32. The molecule has 0 atom stereocenters. The summed E-state index contributed by atoms with van der Waals surface area (Å²) in [6, 6.07) is 9.64. The van der Waals surface area contributed by atoms with Crippen LogP contribution < -0.4 is 10.6 Å². The Balaban J connectivity index is 2.38. The van der Waals surface area contributed by atoms with Gasteiger partial charge in [0.25, 0.3) is 5.91 Å². The summed E-state index contributed by atoms with van der Waals surface area (Å²) in [5.74, 6) is -1.59. The maximum absolute atomic E-state index is 11.6. The van der Waals surface area contributed by atoms with Crippen LogP contribution in [0.2, 0.25) is 0 Å². The number of nitrogens with one attached hydrogen (secondary N) is 2. The van der Waals surface area contributed by atoms with Gasteiger partial charge in [-0.25, -0.2) is 0 Å². The number of carbonyl (C=O) groups excluding carboxylic acids is 1. The average molecular weight is 366 g/mol. The van der Waals surface area contributed by atoms with E-state index in [1.54, 1.807) is 6.07 Å². The van der Waals surface area contributed by atoms with Gasteiger partial charge in [0, 0.05) is 23.8 Å². The molecule has 0 fully saturated rings. The van der Waals surface area contributed by atoms with E-state index < -0.39 is 11.9 Å². The SMILES string of the molecule is N#C/C(=C/NCCc1ccc(Br)cc1)C(=O)NCCC(=O)O. The number of carboxylic acids is 1. The van der Waals surface area contributed by atoms with E-state index in [9.17, 15) is 9.59 Å². The summed E-state index contributed by atoms with van der Waals surface area (Å²) in [7, 11) is 0. The predicted octanol–water partition coefficient (Wildman–Crippen LogP) is 1.58. The van der Waals surface area contributed by atoms with Gasteiger partial charge in [0.05, 0.1) is 6.42 Å². The van der Waals surface area contributed by atoms with Gasteiger partial charge in [-0.1, -0.05) is 28.1 Å². The first kappa shape index (κ1) is 17.7. The molecule has 0 spiro atoms. The van der Waals surface area contributed by atoms with Crippen molar-refractivity contribution in [2.24, 2.45) is 0 Å². The number of hydrogen-bond acceptors (Lipinski definition) is 4. The quantitative estimate of drug-likeness (QED) is 0.368. The minimum Gasteiger partial charge on any atom is -0.481 e. The lowest BCUT2D eigenvalue weighted by molar-refractivity contribution is -0.136. The smallest absolute Gasteiger partial charge is 0.305 e. The summed E-state index contributed by atoms with van der Waals surface area (Å²) in [5.41, 5.74) is 1.05. The van der Waals surface area contributed by atoms with Gasteiger partial charge >= 0.3 is 5.97 Å².